The maximum Gasteiger partial charge on any atom is 0.327 e. The second-order valence-electron chi connectivity index (χ2n) is 4.18. The van der Waals surface area contributed by atoms with Gasteiger partial charge in [0.05, 0.1) is 18.6 Å². The fraction of sp³-hybridized carbons (Fsp3) is 0.462. The summed E-state index contributed by atoms with van der Waals surface area (Å²) in [6.45, 7) is 3.93. The fourth-order valence-corrected chi connectivity index (χ4v) is 1.57. The largest absolute Gasteiger partial charge is 0.487 e. The minimum absolute atomic E-state index is 0.102. The molecule has 1 aromatic carbocycles. The van der Waals surface area contributed by atoms with Crippen LogP contribution in [0.15, 0.2) is 18.2 Å². The number of methoxy groups -OCH3 is 1. The van der Waals surface area contributed by atoms with Gasteiger partial charge in [0.1, 0.15) is 6.04 Å². The second kappa shape index (κ2) is 7.32. The Morgan fingerprint density at radius 1 is 1.50 bits per heavy atom. The van der Waals surface area contributed by atoms with E-state index in [2.05, 4.69) is 10.1 Å². The summed E-state index contributed by atoms with van der Waals surface area (Å²) >= 11 is 0. The Kier molecular flexibility index (Phi) is 5.76. The van der Waals surface area contributed by atoms with E-state index >= 15 is 0 Å². The van der Waals surface area contributed by atoms with E-state index in [1.807, 2.05) is 6.92 Å². The molecular weight excluding hydrogens is 264 g/mol. The molecule has 0 bridgehead atoms. The Hall–Kier alpha value is -2.31. The highest BCUT2D eigenvalue weighted by Crippen LogP contribution is 2.30. The van der Waals surface area contributed by atoms with Crippen LogP contribution in [0.1, 0.15) is 20.3 Å². The Balaban J connectivity index is 2.93. The topological polar surface area (TPSA) is 90.7 Å². The van der Waals surface area contributed by atoms with Crippen LogP contribution in [0.25, 0.3) is 0 Å². The van der Waals surface area contributed by atoms with Crippen LogP contribution < -0.4 is 10.1 Å². The molecule has 0 aliphatic heterocycles. The number of nitro groups is 1. The van der Waals surface area contributed by atoms with E-state index in [1.165, 1.54) is 25.3 Å². The monoisotopic (exact) mass is 282 g/mol. The van der Waals surface area contributed by atoms with Gasteiger partial charge in [-0.25, -0.2) is 4.79 Å². The first kappa shape index (κ1) is 15.7. The number of esters is 1. The summed E-state index contributed by atoms with van der Waals surface area (Å²) in [7, 11) is 1.30. The van der Waals surface area contributed by atoms with E-state index in [0.717, 1.165) is 6.42 Å². The fourth-order valence-electron chi connectivity index (χ4n) is 1.57. The smallest absolute Gasteiger partial charge is 0.327 e. The molecule has 0 aromatic heterocycles. The molecule has 1 N–H and O–H groups in total. The van der Waals surface area contributed by atoms with Gasteiger partial charge in [-0.2, -0.15) is 0 Å². The number of hydrogen-bond donors (Lipinski definition) is 1. The molecule has 0 saturated carbocycles. The summed E-state index contributed by atoms with van der Waals surface area (Å²) < 4.78 is 9.96. The van der Waals surface area contributed by atoms with Crippen molar-refractivity contribution in [2.24, 2.45) is 0 Å². The van der Waals surface area contributed by atoms with Crippen molar-refractivity contribution in [3.63, 3.8) is 0 Å². The molecule has 0 aliphatic carbocycles. The second-order valence-corrected chi connectivity index (χ2v) is 4.18. The summed E-state index contributed by atoms with van der Waals surface area (Å²) in [6, 6.07) is 3.82. The van der Waals surface area contributed by atoms with Gasteiger partial charge in [-0.05, 0) is 19.4 Å². The van der Waals surface area contributed by atoms with Crippen molar-refractivity contribution in [3.8, 4) is 5.75 Å². The van der Waals surface area contributed by atoms with Crippen molar-refractivity contribution >= 4 is 17.3 Å². The van der Waals surface area contributed by atoms with E-state index in [0.29, 0.717) is 12.3 Å². The standard InChI is InChI=1S/C13H18N2O5/c1-4-7-20-12-8-10(5-6-11(12)15(17)18)14-9(2)13(16)19-3/h5-6,8-9,14H,4,7H2,1-3H3. The average Bonchev–Trinajstić information content (AvgIpc) is 2.43. The molecule has 0 radical (unpaired) electrons. The third-order valence-electron chi connectivity index (χ3n) is 2.56. The number of ether oxygens (including phenoxy) is 2. The lowest BCUT2D eigenvalue weighted by Crippen LogP contribution is -2.27. The van der Waals surface area contributed by atoms with Gasteiger partial charge in [0.15, 0.2) is 5.75 Å². The van der Waals surface area contributed by atoms with E-state index < -0.39 is 16.9 Å². The third kappa shape index (κ3) is 4.11. The van der Waals surface area contributed by atoms with Gasteiger partial charge in [0.2, 0.25) is 0 Å². The molecule has 110 valence electrons. The zero-order valence-corrected chi connectivity index (χ0v) is 11.7. The average molecular weight is 282 g/mol. The molecule has 0 aliphatic rings. The van der Waals surface area contributed by atoms with E-state index in [-0.39, 0.29) is 11.4 Å². The molecule has 1 unspecified atom stereocenters. The summed E-state index contributed by atoms with van der Waals surface area (Å²) in [5, 5.41) is 13.8. The number of anilines is 1. The van der Waals surface area contributed by atoms with Gasteiger partial charge in [0, 0.05) is 17.8 Å². The van der Waals surface area contributed by atoms with Crippen molar-refractivity contribution in [2.45, 2.75) is 26.3 Å². The highest BCUT2D eigenvalue weighted by Gasteiger charge is 2.18. The Bertz CT molecular complexity index is 490. The quantitative estimate of drug-likeness (QED) is 0.469. The van der Waals surface area contributed by atoms with Crippen molar-refractivity contribution in [1.82, 2.24) is 0 Å². The molecule has 1 aromatic rings. The molecule has 0 saturated heterocycles. The molecule has 1 atom stereocenters. The van der Waals surface area contributed by atoms with Crippen molar-refractivity contribution < 1.29 is 19.2 Å². The number of nitrogens with one attached hydrogen (secondary N) is 1. The first-order valence-corrected chi connectivity index (χ1v) is 6.25. The summed E-state index contributed by atoms with van der Waals surface area (Å²) in [4.78, 5) is 21.7. The van der Waals surface area contributed by atoms with Crippen LogP contribution in [0.3, 0.4) is 0 Å². The van der Waals surface area contributed by atoms with Crippen LogP contribution in [0.4, 0.5) is 11.4 Å². The van der Waals surface area contributed by atoms with Crippen molar-refractivity contribution in [2.75, 3.05) is 19.0 Å². The molecule has 1 rings (SSSR count). The van der Waals surface area contributed by atoms with Crippen LogP contribution in [0, 0.1) is 10.1 Å². The summed E-state index contributed by atoms with van der Waals surface area (Å²) in [5.74, 6) is -0.238. The molecule has 0 spiro atoms. The Morgan fingerprint density at radius 3 is 2.75 bits per heavy atom. The van der Waals surface area contributed by atoms with Crippen LogP contribution in [-0.4, -0.2) is 30.7 Å². The number of carbonyl (C=O) groups excluding carboxylic acids is 1. The van der Waals surface area contributed by atoms with Gasteiger partial charge in [-0.1, -0.05) is 6.92 Å². The Labute approximate surface area is 117 Å². The summed E-state index contributed by atoms with van der Waals surface area (Å²) in [6.07, 6.45) is 0.743. The number of benzene rings is 1. The third-order valence-corrected chi connectivity index (χ3v) is 2.56. The van der Waals surface area contributed by atoms with Crippen LogP contribution in [0.2, 0.25) is 0 Å². The van der Waals surface area contributed by atoms with Crippen LogP contribution in [0.5, 0.6) is 5.75 Å². The van der Waals surface area contributed by atoms with Gasteiger partial charge in [0.25, 0.3) is 0 Å². The number of rotatable bonds is 7. The lowest BCUT2D eigenvalue weighted by atomic mass is 10.2. The lowest BCUT2D eigenvalue weighted by molar-refractivity contribution is -0.385. The molecular formula is C13H18N2O5. The van der Waals surface area contributed by atoms with E-state index in [9.17, 15) is 14.9 Å². The molecule has 7 nitrogen and oxygen atoms in total. The zero-order chi connectivity index (χ0) is 15.1. The minimum atomic E-state index is -0.555. The van der Waals surface area contributed by atoms with Crippen LogP contribution in [-0.2, 0) is 9.53 Å². The van der Waals surface area contributed by atoms with Crippen molar-refractivity contribution in [1.29, 1.82) is 0 Å². The number of nitrogens with zero attached hydrogens (tertiary/aromatic N) is 1. The molecule has 0 heterocycles. The predicted molar refractivity (Wildman–Crippen MR) is 74.0 cm³/mol. The van der Waals surface area contributed by atoms with Crippen LogP contribution >= 0.6 is 0 Å². The molecule has 0 fully saturated rings. The normalized spacial score (nSPS) is 11.6. The number of hydrogen-bond acceptors (Lipinski definition) is 6. The zero-order valence-electron chi connectivity index (χ0n) is 11.7. The first-order valence-electron chi connectivity index (χ1n) is 6.25. The summed E-state index contributed by atoms with van der Waals surface area (Å²) in [5.41, 5.74) is 0.453. The van der Waals surface area contributed by atoms with Gasteiger partial charge >= 0.3 is 11.7 Å². The number of carbonyl (C=O) groups is 1. The van der Waals surface area contributed by atoms with E-state index in [1.54, 1.807) is 6.92 Å². The van der Waals surface area contributed by atoms with E-state index in [4.69, 9.17) is 4.74 Å². The molecule has 7 heteroatoms. The maximum atomic E-state index is 11.3. The highest BCUT2D eigenvalue weighted by atomic mass is 16.6. The lowest BCUT2D eigenvalue weighted by Gasteiger charge is -2.14. The SMILES string of the molecule is CCCOc1cc(NC(C)C(=O)OC)ccc1[N+](=O)[O-]. The van der Waals surface area contributed by atoms with Gasteiger partial charge in [-0.3, -0.25) is 10.1 Å². The van der Waals surface area contributed by atoms with Crippen molar-refractivity contribution in [3.05, 3.63) is 28.3 Å². The predicted octanol–water partition coefficient (Wildman–Crippen LogP) is 2.36. The minimum Gasteiger partial charge on any atom is -0.487 e. The maximum absolute atomic E-state index is 11.3. The molecule has 20 heavy (non-hydrogen) atoms. The van der Waals surface area contributed by atoms with Gasteiger partial charge < -0.3 is 14.8 Å². The highest BCUT2D eigenvalue weighted by molar-refractivity contribution is 5.79. The molecule has 0 amide bonds. The Morgan fingerprint density at radius 2 is 2.20 bits per heavy atom. The number of nitro benzene ring substituents is 1. The first-order chi connectivity index (χ1) is 9.49. The van der Waals surface area contributed by atoms with Gasteiger partial charge in [-0.15, -0.1) is 0 Å².